The first-order chi connectivity index (χ1) is 11.6. The highest BCUT2D eigenvalue weighted by Gasteiger charge is 2.26. The van der Waals surface area contributed by atoms with E-state index in [2.05, 4.69) is 4.98 Å². The Hall–Kier alpha value is -2.75. The number of carbonyl (C=O) groups excluding carboxylic acids is 1. The summed E-state index contributed by atoms with van der Waals surface area (Å²) < 4.78 is 13.7. The van der Waals surface area contributed by atoms with Gasteiger partial charge < -0.3 is 4.90 Å². The standard InChI is InChI=1S/C20H17FN2O/c1-13-11-15(21)12-14-5-4-10-23(19(13)14)20(24)17-6-2-8-18-16(17)7-3-9-22-18/h2-3,6-9,11-12H,4-5,10H2,1H3. The van der Waals surface area contributed by atoms with Gasteiger partial charge in [-0.2, -0.15) is 0 Å². The van der Waals surface area contributed by atoms with Crippen LogP contribution in [-0.2, 0) is 6.42 Å². The highest BCUT2D eigenvalue weighted by Crippen LogP contribution is 2.33. The number of aryl methyl sites for hydroxylation is 2. The molecule has 0 saturated heterocycles. The third-order valence-electron chi connectivity index (χ3n) is 4.56. The molecular weight excluding hydrogens is 303 g/mol. The summed E-state index contributed by atoms with van der Waals surface area (Å²) in [5, 5.41) is 0.844. The molecule has 0 N–H and O–H groups in total. The average Bonchev–Trinajstić information content (AvgIpc) is 2.60. The molecule has 1 amide bonds. The topological polar surface area (TPSA) is 33.2 Å². The number of hydrogen-bond donors (Lipinski definition) is 0. The maximum atomic E-state index is 13.7. The average molecular weight is 320 g/mol. The first kappa shape index (κ1) is 14.8. The molecular formula is C20H17FN2O. The van der Waals surface area contributed by atoms with Crippen LogP contribution in [0.1, 0.15) is 27.9 Å². The summed E-state index contributed by atoms with van der Waals surface area (Å²) in [6, 6.07) is 12.4. The summed E-state index contributed by atoms with van der Waals surface area (Å²) in [4.78, 5) is 19.3. The van der Waals surface area contributed by atoms with Gasteiger partial charge in [0, 0.05) is 23.7 Å². The molecule has 3 aromatic rings. The highest BCUT2D eigenvalue weighted by molar-refractivity contribution is 6.14. The second kappa shape index (κ2) is 5.71. The molecule has 4 rings (SSSR count). The quantitative estimate of drug-likeness (QED) is 0.670. The summed E-state index contributed by atoms with van der Waals surface area (Å²) in [5.41, 5.74) is 4.00. The molecule has 2 aromatic carbocycles. The number of rotatable bonds is 1. The molecule has 2 heterocycles. The summed E-state index contributed by atoms with van der Waals surface area (Å²) in [6.07, 6.45) is 3.36. The number of aromatic nitrogens is 1. The van der Waals surface area contributed by atoms with Gasteiger partial charge in [-0.3, -0.25) is 9.78 Å². The first-order valence-corrected chi connectivity index (χ1v) is 8.10. The lowest BCUT2D eigenvalue weighted by atomic mass is 9.96. The van der Waals surface area contributed by atoms with E-state index in [1.54, 1.807) is 17.2 Å². The van der Waals surface area contributed by atoms with Crippen molar-refractivity contribution in [1.82, 2.24) is 4.98 Å². The van der Waals surface area contributed by atoms with Gasteiger partial charge in [-0.1, -0.05) is 12.1 Å². The molecule has 24 heavy (non-hydrogen) atoms. The molecule has 0 aliphatic carbocycles. The molecule has 0 atom stereocenters. The molecule has 1 aliphatic rings. The van der Waals surface area contributed by atoms with Gasteiger partial charge in [0.15, 0.2) is 0 Å². The Balaban J connectivity index is 1.84. The predicted molar refractivity (Wildman–Crippen MR) is 92.9 cm³/mol. The zero-order chi connectivity index (χ0) is 16.7. The highest BCUT2D eigenvalue weighted by atomic mass is 19.1. The van der Waals surface area contributed by atoms with E-state index in [-0.39, 0.29) is 11.7 Å². The van der Waals surface area contributed by atoms with Crippen LogP contribution in [0.3, 0.4) is 0 Å². The van der Waals surface area contributed by atoms with Crippen molar-refractivity contribution in [2.24, 2.45) is 0 Å². The van der Waals surface area contributed by atoms with E-state index >= 15 is 0 Å². The van der Waals surface area contributed by atoms with Crippen LogP contribution in [0.2, 0.25) is 0 Å². The van der Waals surface area contributed by atoms with Crippen LogP contribution in [0, 0.1) is 12.7 Å². The van der Waals surface area contributed by atoms with Crippen molar-refractivity contribution in [2.75, 3.05) is 11.4 Å². The van der Waals surface area contributed by atoms with Crippen molar-refractivity contribution in [3.8, 4) is 0 Å². The van der Waals surface area contributed by atoms with Gasteiger partial charge >= 0.3 is 0 Å². The summed E-state index contributed by atoms with van der Waals surface area (Å²) in [5.74, 6) is -0.292. The number of nitrogens with zero attached hydrogens (tertiary/aromatic N) is 2. The Morgan fingerprint density at radius 1 is 1.21 bits per heavy atom. The Kier molecular flexibility index (Phi) is 3.53. The fourth-order valence-corrected chi connectivity index (χ4v) is 3.56. The van der Waals surface area contributed by atoms with Crippen LogP contribution >= 0.6 is 0 Å². The molecule has 3 nitrogen and oxygen atoms in total. The molecule has 1 aromatic heterocycles. The number of benzene rings is 2. The third-order valence-corrected chi connectivity index (χ3v) is 4.56. The number of pyridine rings is 1. The number of amides is 1. The molecule has 0 bridgehead atoms. The number of halogens is 1. The van der Waals surface area contributed by atoms with Crippen molar-refractivity contribution in [2.45, 2.75) is 19.8 Å². The maximum absolute atomic E-state index is 13.7. The molecule has 0 unspecified atom stereocenters. The molecule has 4 heteroatoms. The SMILES string of the molecule is Cc1cc(F)cc2c1N(C(=O)c1cccc3ncccc13)CCC2. The van der Waals surface area contributed by atoms with Gasteiger partial charge in [-0.25, -0.2) is 4.39 Å². The Bertz CT molecular complexity index is 946. The minimum atomic E-state index is -0.241. The van der Waals surface area contributed by atoms with E-state index in [0.717, 1.165) is 40.6 Å². The largest absolute Gasteiger partial charge is 0.308 e. The van der Waals surface area contributed by atoms with E-state index in [1.165, 1.54) is 6.07 Å². The van der Waals surface area contributed by atoms with Crippen molar-refractivity contribution >= 4 is 22.5 Å². The lowest BCUT2D eigenvalue weighted by molar-refractivity contribution is 0.0986. The van der Waals surface area contributed by atoms with Crippen molar-refractivity contribution in [3.05, 3.63) is 71.2 Å². The van der Waals surface area contributed by atoms with Crippen LogP contribution in [0.5, 0.6) is 0 Å². The second-order valence-corrected chi connectivity index (χ2v) is 6.17. The van der Waals surface area contributed by atoms with Crippen molar-refractivity contribution in [3.63, 3.8) is 0 Å². The number of fused-ring (bicyclic) bond motifs is 2. The normalized spacial score (nSPS) is 13.8. The smallest absolute Gasteiger partial charge is 0.258 e. The zero-order valence-electron chi connectivity index (χ0n) is 13.4. The van der Waals surface area contributed by atoms with E-state index in [0.29, 0.717) is 12.1 Å². The number of carbonyl (C=O) groups is 1. The van der Waals surface area contributed by atoms with Crippen LogP contribution in [0.15, 0.2) is 48.7 Å². The van der Waals surface area contributed by atoms with E-state index in [9.17, 15) is 9.18 Å². The van der Waals surface area contributed by atoms with Crippen LogP contribution in [-0.4, -0.2) is 17.4 Å². The van der Waals surface area contributed by atoms with Gasteiger partial charge in [0.25, 0.3) is 5.91 Å². The molecule has 0 fully saturated rings. The molecule has 1 aliphatic heterocycles. The Labute approximate surface area is 139 Å². The summed E-state index contributed by atoms with van der Waals surface area (Å²) in [7, 11) is 0. The molecule has 120 valence electrons. The van der Waals surface area contributed by atoms with Gasteiger partial charge in [0.2, 0.25) is 0 Å². The molecule has 0 spiro atoms. The number of hydrogen-bond acceptors (Lipinski definition) is 2. The van der Waals surface area contributed by atoms with Crippen LogP contribution in [0.25, 0.3) is 10.9 Å². The van der Waals surface area contributed by atoms with Crippen LogP contribution < -0.4 is 4.90 Å². The van der Waals surface area contributed by atoms with Crippen LogP contribution in [0.4, 0.5) is 10.1 Å². The Morgan fingerprint density at radius 2 is 2.08 bits per heavy atom. The molecule has 0 saturated carbocycles. The van der Waals surface area contributed by atoms with Crippen molar-refractivity contribution in [1.29, 1.82) is 0 Å². The number of anilines is 1. The fourth-order valence-electron chi connectivity index (χ4n) is 3.56. The summed E-state index contributed by atoms with van der Waals surface area (Å²) >= 11 is 0. The molecule has 0 radical (unpaired) electrons. The Morgan fingerprint density at radius 3 is 2.96 bits per heavy atom. The predicted octanol–water partition coefficient (Wildman–Crippen LogP) is 4.28. The van der Waals surface area contributed by atoms with E-state index in [4.69, 9.17) is 0 Å². The van der Waals surface area contributed by atoms with Gasteiger partial charge in [0.1, 0.15) is 5.82 Å². The van der Waals surface area contributed by atoms with E-state index in [1.807, 2.05) is 37.3 Å². The zero-order valence-corrected chi connectivity index (χ0v) is 13.4. The van der Waals surface area contributed by atoms with Gasteiger partial charge in [-0.05, 0) is 61.2 Å². The van der Waals surface area contributed by atoms with E-state index < -0.39 is 0 Å². The minimum absolute atomic E-state index is 0.0516. The lowest BCUT2D eigenvalue weighted by Gasteiger charge is -2.31. The lowest BCUT2D eigenvalue weighted by Crippen LogP contribution is -2.36. The maximum Gasteiger partial charge on any atom is 0.258 e. The second-order valence-electron chi connectivity index (χ2n) is 6.17. The third kappa shape index (κ3) is 2.35. The summed E-state index contributed by atoms with van der Waals surface area (Å²) in [6.45, 7) is 2.51. The van der Waals surface area contributed by atoms with Gasteiger partial charge in [-0.15, -0.1) is 0 Å². The van der Waals surface area contributed by atoms with Crippen molar-refractivity contribution < 1.29 is 9.18 Å². The first-order valence-electron chi connectivity index (χ1n) is 8.10. The minimum Gasteiger partial charge on any atom is -0.308 e. The van der Waals surface area contributed by atoms with Gasteiger partial charge in [0.05, 0.1) is 11.2 Å². The monoisotopic (exact) mass is 320 g/mol. The fraction of sp³-hybridized carbons (Fsp3) is 0.200.